The molecule has 1 fully saturated rings. The molecule has 7 heteroatoms. The molecule has 0 saturated heterocycles. The van der Waals surface area contributed by atoms with Crippen LogP contribution >= 0.6 is 0 Å². The van der Waals surface area contributed by atoms with Crippen molar-refractivity contribution in [3.63, 3.8) is 0 Å². The van der Waals surface area contributed by atoms with Gasteiger partial charge in [0.05, 0.1) is 17.3 Å². The van der Waals surface area contributed by atoms with Crippen molar-refractivity contribution in [2.45, 2.75) is 70.3 Å². The van der Waals surface area contributed by atoms with Crippen molar-refractivity contribution < 1.29 is 14.2 Å². The molecule has 0 amide bonds. The third kappa shape index (κ3) is 3.46. The molecule has 0 aliphatic heterocycles. The number of fused-ring (bicyclic) bond motifs is 4. The Hall–Kier alpha value is -3.53. The van der Waals surface area contributed by atoms with E-state index in [2.05, 4.69) is 18.0 Å². The maximum absolute atomic E-state index is 14.6. The van der Waals surface area contributed by atoms with Gasteiger partial charge in [-0.3, -0.25) is 4.98 Å². The van der Waals surface area contributed by atoms with E-state index >= 15 is 0 Å². The quantitative estimate of drug-likeness (QED) is 0.466. The van der Waals surface area contributed by atoms with Gasteiger partial charge in [0.1, 0.15) is 23.2 Å². The van der Waals surface area contributed by atoms with E-state index in [9.17, 15) is 14.8 Å². The van der Waals surface area contributed by atoms with E-state index in [0.717, 1.165) is 49.8 Å². The lowest BCUT2D eigenvalue weighted by Crippen LogP contribution is -2.45. The number of aliphatic hydroxyl groups excluding tert-OH is 1. The van der Waals surface area contributed by atoms with Crippen LogP contribution in [0.15, 0.2) is 41.8 Å². The lowest BCUT2D eigenvalue weighted by Gasteiger charge is -2.48. The van der Waals surface area contributed by atoms with Crippen molar-refractivity contribution in [2.24, 2.45) is 11.8 Å². The summed E-state index contributed by atoms with van der Waals surface area (Å²) in [6.45, 7) is 4.15. The third-order valence-electron chi connectivity index (χ3n) is 8.60. The third-order valence-corrected chi connectivity index (χ3v) is 8.60. The molecule has 3 aliphatic rings. The van der Waals surface area contributed by atoms with E-state index in [1.54, 1.807) is 12.3 Å². The Morgan fingerprint density at radius 2 is 1.97 bits per heavy atom. The fourth-order valence-electron chi connectivity index (χ4n) is 6.71. The molecule has 1 aromatic carbocycles. The predicted molar refractivity (Wildman–Crippen MR) is 134 cm³/mol. The van der Waals surface area contributed by atoms with Crippen LogP contribution in [0.4, 0.5) is 4.39 Å². The molecule has 0 spiro atoms. The number of para-hydroxylation sites is 1. The van der Waals surface area contributed by atoms with Gasteiger partial charge in [-0.25, -0.2) is 9.37 Å². The number of ether oxygens (including phenoxy) is 1. The molecule has 6 nitrogen and oxygen atoms in total. The monoisotopic (exact) mass is 484 g/mol. The largest absolute Gasteiger partial charge is 0.511 e. The molecule has 2 heterocycles. The lowest BCUT2D eigenvalue weighted by molar-refractivity contribution is 0.131. The SMILES string of the molecule is C[C@H]1C(O)=C(C#N)C[C@@]2(C)c3nc(-c4ccnc5c(F)cccc45)nc(OC4CCCC4)c3CC[C@H]12. The summed E-state index contributed by atoms with van der Waals surface area (Å²) in [7, 11) is 0. The Kier molecular flexibility index (Phi) is 5.44. The van der Waals surface area contributed by atoms with Gasteiger partial charge in [0.15, 0.2) is 5.82 Å². The van der Waals surface area contributed by atoms with Gasteiger partial charge >= 0.3 is 0 Å². The molecule has 0 bridgehead atoms. The van der Waals surface area contributed by atoms with Crippen molar-refractivity contribution in [1.82, 2.24) is 15.0 Å². The van der Waals surface area contributed by atoms with Crippen molar-refractivity contribution in [3.8, 4) is 23.3 Å². The fourth-order valence-corrected chi connectivity index (χ4v) is 6.71. The summed E-state index contributed by atoms with van der Waals surface area (Å²) in [5.41, 5.74) is 2.83. The number of allylic oxidation sites excluding steroid dienone is 2. The molecule has 6 rings (SSSR count). The van der Waals surface area contributed by atoms with Gasteiger partial charge in [-0.1, -0.05) is 26.0 Å². The number of aromatic nitrogens is 3. The zero-order valence-electron chi connectivity index (χ0n) is 20.6. The minimum atomic E-state index is -0.455. The Balaban J connectivity index is 1.58. The van der Waals surface area contributed by atoms with Crippen LogP contribution in [0.2, 0.25) is 0 Å². The van der Waals surface area contributed by atoms with Gasteiger partial charge in [-0.2, -0.15) is 10.2 Å². The van der Waals surface area contributed by atoms with Crippen LogP contribution < -0.4 is 4.74 Å². The predicted octanol–water partition coefficient (Wildman–Crippen LogP) is 6.35. The molecule has 3 aliphatic carbocycles. The summed E-state index contributed by atoms with van der Waals surface area (Å²) in [5, 5.41) is 21.1. The highest BCUT2D eigenvalue weighted by molar-refractivity contribution is 5.92. The van der Waals surface area contributed by atoms with Gasteiger partial charge in [0.2, 0.25) is 5.88 Å². The van der Waals surface area contributed by atoms with Crippen molar-refractivity contribution in [3.05, 3.63) is 58.9 Å². The number of benzene rings is 1. The number of rotatable bonds is 3. The molecule has 1 saturated carbocycles. The highest BCUT2D eigenvalue weighted by atomic mass is 19.1. The van der Waals surface area contributed by atoms with Crippen LogP contribution in [-0.4, -0.2) is 26.2 Å². The first-order valence-electron chi connectivity index (χ1n) is 12.8. The maximum Gasteiger partial charge on any atom is 0.220 e. The number of hydrogen-bond donors (Lipinski definition) is 1. The van der Waals surface area contributed by atoms with E-state index in [4.69, 9.17) is 14.7 Å². The molecule has 1 N–H and O–H groups in total. The Labute approximate surface area is 209 Å². The molecule has 184 valence electrons. The molecule has 2 aromatic heterocycles. The summed E-state index contributed by atoms with van der Waals surface area (Å²) in [5.74, 6) is 0.896. The second-order valence-electron chi connectivity index (χ2n) is 10.7. The lowest BCUT2D eigenvalue weighted by atomic mass is 9.57. The van der Waals surface area contributed by atoms with E-state index < -0.39 is 5.41 Å². The summed E-state index contributed by atoms with van der Waals surface area (Å²) < 4.78 is 21.1. The first-order valence-corrected chi connectivity index (χ1v) is 12.8. The van der Waals surface area contributed by atoms with Crippen molar-refractivity contribution >= 4 is 10.9 Å². The minimum absolute atomic E-state index is 0.123. The Morgan fingerprint density at radius 1 is 1.17 bits per heavy atom. The second-order valence-corrected chi connectivity index (χ2v) is 10.7. The topological polar surface area (TPSA) is 91.9 Å². The summed E-state index contributed by atoms with van der Waals surface area (Å²) in [6, 6.07) is 8.96. The molecule has 0 radical (unpaired) electrons. The zero-order valence-corrected chi connectivity index (χ0v) is 20.6. The van der Waals surface area contributed by atoms with Crippen LogP contribution in [0.5, 0.6) is 5.88 Å². The van der Waals surface area contributed by atoms with Crippen LogP contribution in [0, 0.1) is 29.0 Å². The van der Waals surface area contributed by atoms with Gasteiger partial charge in [-0.05, 0) is 63.0 Å². The normalized spacial score (nSPS) is 25.9. The highest BCUT2D eigenvalue weighted by Gasteiger charge is 2.50. The molecule has 36 heavy (non-hydrogen) atoms. The number of hydrogen-bond acceptors (Lipinski definition) is 6. The standard InChI is InChI=1S/C29H29FN4O2/c1-16-22-11-10-21-26(29(22,2)14-17(15-31)25(16)35)33-27(34-28(21)36-18-6-3-4-7-18)20-12-13-32-24-19(20)8-5-9-23(24)30/h5,8-9,12-13,16,18,22,35H,3-4,6-7,10-11,14H2,1-2H3/t16-,22-,29-/m1/s1. The average molecular weight is 485 g/mol. The number of nitriles is 1. The van der Waals surface area contributed by atoms with E-state index in [0.29, 0.717) is 34.6 Å². The first-order chi connectivity index (χ1) is 17.4. The van der Waals surface area contributed by atoms with Gasteiger partial charge in [-0.15, -0.1) is 0 Å². The van der Waals surface area contributed by atoms with Crippen LogP contribution in [0.1, 0.15) is 63.6 Å². The number of aliphatic hydroxyl groups is 1. The van der Waals surface area contributed by atoms with Crippen LogP contribution in [0.25, 0.3) is 22.3 Å². The van der Waals surface area contributed by atoms with Crippen molar-refractivity contribution in [1.29, 1.82) is 5.26 Å². The minimum Gasteiger partial charge on any atom is -0.511 e. The Morgan fingerprint density at radius 3 is 2.75 bits per heavy atom. The zero-order chi connectivity index (χ0) is 25.0. The van der Waals surface area contributed by atoms with Crippen LogP contribution in [0.3, 0.4) is 0 Å². The fraction of sp³-hybridized carbons (Fsp3) is 0.448. The number of pyridine rings is 1. The first kappa shape index (κ1) is 22.9. The second kappa shape index (κ2) is 8.55. The van der Waals surface area contributed by atoms with E-state index in [-0.39, 0.29) is 35.0 Å². The molecule has 0 unspecified atom stereocenters. The van der Waals surface area contributed by atoms with Gasteiger partial charge < -0.3 is 9.84 Å². The highest BCUT2D eigenvalue weighted by Crippen LogP contribution is 2.54. The molecular weight excluding hydrogens is 455 g/mol. The molecule has 3 aromatic rings. The van der Waals surface area contributed by atoms with Gasteiger partial charge in [0, 0.05) is 34.0 Å². The maximum atomic E-state index is 14.6. The average Bonchev–Trinajstić information content (AvgIpc) is 3.39. The van der Waals surface area contributed by atoms with Crippen LogP contribution in [-0.2, 0) is 11.8 Å². The molecular formula is C29H29FN4O2. The van der Waals surface area contributed by atoms with E-state index in [1.807, 2.05) is 19.1 Å². The smallest absolute Gasteiger partial charge is 0.220 e. The number of halogens is 1. The summed E-state index contributed by atoms with van der Waals surface area (Å²) >= 11 is 0. The summed E-state index contributed by atoms with van der Waals surface area (Å²) in [4.78, 5) is 14.3. The summed E-state index contributed by atoms with van der Waals surface area (Å²) in [6.07, 6.45) is 8.04. The Bertz CT molecular complexity index is 1440. The van der Waals surface area contributed by atoms with Crippen molar-refractivity contribution in [2.75, 3.05) is 0 Å². The molecule has 3 atom stereocenters. The van der Waals surface area contributed by atoms with Gasteiger partial charge in [0.25, 0.3) is 0 Å². The number of nitrogens with zero attached hydrogens (tertiary/aromatic N) is 4. The van der Waals surface area contributed by atoms with E-state index in [1.165, 1.54) is 6.07 Å².